The molecule has 1 atom stereocenters. The molecule has 7 nitrogen and oxygen atoms in total. The van der Waals surface area contributed by atoms with E-state index in [1.54, 1.807) is 37.4 Å². The van der Waals surface area contributed by atoms with Crippen LogP contribution in [0.3, 0.4) is 0 Å². The molecule has 9 heteroatoms. The lowest BCUT2D eigenvalue weighted by Crippen LogP contribution is -2.35. The number of halogens is 1. The fraction of sp³-hybridized carbons (Fsp3) is 0.438. The summed E-state index contributed by atoms with van der Waals surface area (Å²) in [5.41, 5.74) is 3.28. The molecule has 0 aliphatic carbocycles. The molecule has 41 heavy (non-hydrogen) atoms. The topological polar surface area (TPSA) is 74.3 Å². The largest absolute Gasteiger partial charge is 0.493 e. The molecule has 0 N–H and O–H groups in total. The van der Waals surface area contributed by atoms with Gasteiger partial charge in [-0.05, 0) is 108 Å². The Kier molecular flexibility index (Phi) is 10.4. The van der Waals surface area contributed by atoms with Gasteiger partial charge in [-0.25, -0.2) is 0 Å². The molecule has 0 aromatic heterocycles. The van der Waals surface area contributed by atoms with Gasteiger partial charge in [0, 0.05) is 25.6 Å². The van der Waals surface area contributed by atoms with E-state index in [0.29, 0.717) is 37.9 Å². The summed E-state index contributed by atoms with van der Waals surface area (Å²) < 4.78 is 49.2. The lowest BCUT2D eigenvalue weighted by atomic mass is 9.90. The van der Waals surface area contributed by atoms with Gasteiger partial charge in [0.05, 0.1) is 22.6 Å². The van der Waals surface area contributed by atoms with E-state index in [-0.39, 0.29) is 4.90 Å². The second-order valence-corrected chi connectivity index (χ2v) is 13.1. The van der Waals surface area contributed by atoms with E-state index in [1.165, 1.54) is 18.4 Å². The van der Waals surface area contributed by atoms with Gasteiger partial charge in [0.25, 0.3) is 10.1 Å². The maximum Gasteiger partial charge on any atom is 0.297 e. The smallest absolute Gasteiger partial charge is 0.297 e. The minimum atomic E-state index is -3.86. The molecule has 3 aromatic rings. The van der Waals surface area contributed by atoms with Crippen LogP contribution in [0.25, 0.3) is 0 Å². The van der Waals surface area contributed by atoms with Gasteiger partial charge in [0.15, 0.2) is 0 Å². The first-order chi connectivity index (χ1) is 19.9. The molecular formula is C32H38BrNO6S. The Morgan fingerprint density at radius 1 is 0.951 bits per heavy atom. The first-order valence-corrected chi connectivity index (χ1v) is 16.5. The summed E-state index contributed by atoms with van der Waals surface area (Å²) in [5, 5.41) is 0. The van der Waals surface area contributed by atoms with E-state index in [9.17, 15) is 8.42 Å². The number of benzene rings is 3. The summed E-state index contributed by atoms with van der Waals surface area (Å²) in [4.78, 5) is 2.70. The quantitative estimate of drug-likeness (QED) is 0.172. The van der Waals surface area contributed by atoms with E-state index in [1.807, 2.05) is 6.07 Å². The molecule has 1 unspecified atom stereocenters. The molecule has 3 aromatic carbocycles. The molecule has 2 aliphatic heterocycles. The molecule has 0 saturated carbocycles. The highest BCUT2D eigenvalue weighted by Crippen LogP contribution is 2.37. The highest BCUT2D eigenvalue weighted by atomic mass is 79.9. The zero-order valence-electron chi connectivity index (χ0n) is 23.5. The van der Waals surface area contributed by atoms with Crippen LogP contribution in [0.1, 0.15) is 42.1 Å². The highest BCUT2D eigenvalue weighted by molar-refractivity contribution is 9.10. The van der Waals surface area contributed by atoms with Crippen molar-refractivity contribution >= 4 is 26.0 Å². The fourth-order valence-corrected chi connectivity index (χ4v) is 6.99. The molecule has 0 spiro atoms. The number of methoxy groups -OCH3 is 1. The van der Waals surface area contributed by atoms with Gasteiger partial charge < -0.3 is 19.1 Å². The fourth-order valence-electron chi connectivity index (χ4n) is 5.52. The van der Waals surface area contributed by atoms with E-state index in [2.05, 4.69) is 51.2 Å². The zero-order chi connectivity index (χ0) is 28.7. The van der Waals surface area contributed by atoms with Crippen LogP contribution in [-0.2, 0) is 31.9 Å². The van der Waals surface area contributed by atoms with E-state index < -0.39 is 16.2 Å². The highest BCUT2D eigenvalue weighted by Gasteiger charge is 2.29. The molecule has 0 radical (unpaired) electrons. The van der Waals surface area contributed by atoms with Crippen molar-refractivity contribution in [2.45, 2.75) is 43.1 Å². The van der Waals surface area contributed by atoms with Crippen LogP contribution in [0.15, 0.2) is 76.1 Å². The molecule has 5 rings (SSSR count). The maximum atomic E-state index is 12.9. The minimum Gasteiger partial charge on any atom is -0.493 e. The first-order valence-electron chi connectivity index (χ1n) is 14.3. The normalized spacial score (nSPS) is 18.0. The second kappa shape index (κ2) is 14.2. The van der Waals surface area contributed by atoms with Crippen molar-refractivity contribution < 1.29 is 26.8 Å². The predicted molar refractivity (Wildman–Crippen MR) is 162 cm³/mol. The van der Waals surface area contributed by atoms with Crippen molar-refractivity contribution in [2.24, 2.45) is 5.92 Å². The van der Waals surface area contributed by atoms with Crippen molar-refractivity contribution in [3.05, 3.63) is 87.9 Å². The molecule has 0 bridgehead atoms. The summed E-state index contributed by atoms with van der Waals surface area (Å²) in [5.74, 6) is 2.23. The van der Waals surface area contributed by atoms with Gasteiger partial charge >= 0.3 is 0 Å². The van der Waals surface area contributed by atoms with Crippen LogP contribution < -0.4 is 9.47 Å². The lowest BCUT2D eigenvalue weighted by molar-refractivity contribution is 0.142. The molecule has 2 aliphatic rings. The van der Waals surface area contributed by atoms with Gasteiger partial charge in [-0.3, -0.25) is 4.18 Å². The Balaban J connectivity index is 1.13. The SMILES string of the molecule is COCCOc1cc(CC2CCN(CCc3ccc4c(c3)C(OS(=O)(=O)c3ccccc3)CCO4)CC2)ccc1Br. The molecule has 1 fully saturated rings. The summed E-state index contributed by atoms with van der Waals surface area (Å²) >= 11 is 3.58. The number of hydrogen-bond donors (Lipinski definition) is 0. The number of ether oxygens (including phenoxy) is 3. The Morgan fingerprint density at radius 2 is 1.73 bits per heavy atom. The third kappa shape index (κ3) is 8.11. The molecule has 2 heterocycles. The van der Waals surface area contributed by atoms with Crippen molar-refractivity contribution in [1.29, 1.82) is 0 Å². The Morgan fingerprint density at radius 3 is 2.51 bits per heavy atom. The minimum absolute atomic E-state index is 0.170. The number of hydrogen-bond acceptors (Lipinski definition) is 7. The average Bonchev–Trinajstić information content (AvgIpc) is 2.99. The molecule has 220 valence electrons. The summed E-state index contributed by atoms with van der Waals surface area (Å²) in [6.07, 6.45) is 4.23. The van der Waals surface area contributed by atoms with E-state index >= 15 is 0 Å². The summed E-state index contributed by atoms with van der Waals surface area (Å²) in [7, 11) is -2.18. The first kappa shape index (κ1) is 30.0. The van der Waals surface area contributed by atoms with Crippen molar-refractivity contribution in [2.75, 3.05) is 46.6 Å². The van der Waals surface area contributed by atoms with Crippen LogP contribution in [0.5, 0.6) is 11.5 Å². The zero-order valence-corrected chi connectivity index (χ0v) is 25.9. The van der Waals surface area contributed by atoms with E-state index in [0.717, 1.165) is 53.8 Å². The van der Waals surface area contributed by atoms with E-state index in [4.69, 9.17) is 18.4 Å². The average molecular weight is 645 g/mol. The maximum absolute atomic E-state index is 12.9. The van der Waals surface area contributed by atoms with Crippen LogP contribution in [0.2, 0.25) is 0 Å². The van der Waals surface area contributed by atoms with Gasteiger partial charge in [-0.15, -0.1) is 0 Å². The number of rotatable bonds is 12. The molecule has 0 amide bonds. The third-order valence-electron chi connectivity index (χ3n) is 7.82. The van der Waals surface area contributed by atoms with Gasteiger partial charge in [0.1, 0.15) is 24.2 Å². The Bertz CT molecular complexity index is 1390. The monoisotopic (exact) mass is 643 g/mol. The van der Waals surface area contributed by atoms with Crippen LogP contribution in [-0.4, -0.2) is 59.9 Å². The second-order valence-electron chi connectivity index (χ2n) is 10.7. The van der Waals surface area contributed by atoms with Crippen LogP contribution in [0.4, 0.5) is 0 Å². The van der Waals surface area contributed by atoms with Gasteiger partial charge in [-0.2, -0.15) is 8.42 Å². The Labute approximate surface area is 252 Å². The van der Waals surface area contributed by atoms with Crippen molar-refractivity contribution in [1.82, 2.24) is 4.90 Å². The summed E-state index contributed by atoms with van der Waals surface area (Å²) in [6.45, 7) is 4.66. The molecule has 1 saturated heterocycles. The number of piperidine rings is 1. The standard InChI is InChI=1S/C32H38BrNO6S/c1-37-19-20-39-32-23-26(7-9-29(32)33)21-25-12-16-34(17-13-25)15-11-24-8-10-30-28(22-24)31(14-18-38-30)40-41(35,36)27-5-3-2-4-6-27/h2-10,22-23,25,31H,11-21H2,1H3. The number of fused-ring (bicyclic) bond motifs is 1. The predicted octanol–water partition coefficient (Wildman–Crippen LogP) is 6.20. The lowest BCUT2D eigenvalue weighted by Gasteiger charge is -2.32. The van der Waals surface area contributed by atoms with Crippen LogP contribution >= 0.6 is 15.9 Å². The Hall–Kier alpha value is -2.43. The third-order valence-corrected chi connectivity index (χ3v) is 9.81. The van der Waals surface area contributed by atoms with Gasteiger partial charge in [-0.1, -0.05) is 30.3 Å². The van der Waals surface area contributed by atoms with Crippen molar-refractivity contribution in [3.63, 3.8) is 0 Å². The van der Waals surface area contributed by atoms with Crippen LogP contribution in [0, 0.1) is 5.92 Å². The summed E-state index contributed by atoms with van der Waals surface area (Å²) in [6, 6.07) is 20.8. The van der Waals surface area contributed by atoms with Gasteiger partial charge in [0.2, 0.25) is 0 Å². The van der Waals surface area contributed by atoms with Crippen molar-refractivity contribution in [3.8, 4) is 11.5 Å². The molecular weight excluding hydrogens is 606 g/mol. The number of likely N-dealkylation sites (tertiary alicyclic amines) is 1. The number of nitrogens with zero attached hydrogens (tertiary/aromatic N) is 1.